The van der Waals surface area contributed by atoms with Gasteiger partial charge in [0.25, 0.3) is 5.91 Å². The number of carbonyl (C=O) groups excluding carboxylic acids is 4. The largest absolute Gasteiger partial charge is 0.494 e. The highest BCUT2D eigenvalue weighted by Gasteiger charge is 2.33. The molecular formula is C22H29NO7. The molecule has 0 spiro atoms. The van der Waals surface area contributed by atoms with Crippen molar-refractivity contribution in [2.24, 2.45) is 0 Å². The first kappa shape index (κ1) is 23.4. The number of piperidine rings is 1. The summed E-state index contributed by atoms with van der Waals surface area (Å²) in [5.41, 5.74) is 0.480. The van der Waals surface area contributed by atoms with Gasteiger partial charge >= 0.3 is 11.9 Å². The number of amides is 1. The second kappa shape index (κ2) is 11.9. The highest BCUT2D eigenvalue weighted by Crippen LogP contribution is 2.19. The molecule has 1 aromatic rings. The Morgan fingerprint density at radius 1 is 0.967 bits per heavy atom. The van der Waals surface area contributed by atoms with Gasteiger partial charge in [0.2, 0.25) is 0 Å². The first-order chi connectivity index (χ1) is 14.5. The van der Waals surface area contributed by atoms with Gasteiger partial charge in [-0.2, -0.15) is 0 Å². The highest BCUT2D eigenvalue weighted by molar-refractivity contribution is 5.97. The van der Waals surface area contributed by atoms with Crippen LogP contribution in [-0.2, 0) is 23.9 Å². The Balaban J connectivity index is 1.78. The summed E-state index contributed by atoms with van der Waals surface area (Å²) in [7, 11) is 0. The van der Waals surface area contributed by atoms with E-state index in [0.29, 0.717) is 30.9 Å². The lowest BCUT2D eigenvalue weighted by atomic mass is 10.0. The van der Waals surface area contributed by atoms with Gasteiger partial charge in [-0.3, -0.25) is 14.4 Å². The van der Waals surface area contributed by atoms with Crippen LogP contribution < -0.4 is 4.74 Å². The van der Waals surface area contributed by atoms with Crippen molar-refractivity contribution < 1.29 is 33.4 Å². The van der Waals surface area contributed by atoms with Crippen molar-refractivity contribution in [1.29, 1.82) is 0 Å². The van der Waals surface area contributed by atoms with Crippen LogP contribution in [0.4, 0.5) is 0 Å². The fraction of sp³-hybridized carbons (Fsp3) is 0.545. The van der Waals surface area contributed by atoms with Gasteiger partial charge < -0.3 is 19.1 Å². The Kier molecular flexibility index (Phi) is 9.31. The molecule has 1 fully saturated rings. The Morgan fingerprint density at radius 3 is 2.37 bits per heavy atom. The van der Waals surface area contributed by atoms with Gasteiger partial charge in [0.05, 0.1) is 19.6 Å². The number of hydrogen-bond acceptors (Lipinski definition) is 7. The molecule has 1 amide bonds. The van der Waals surface area contributed by atoms with Crippen molar-refractivity contribution in [3.63, 3.8) is 0 Å². The maximum Gasteiger partial charge on any atom is 0.328 e. The molecule has 1 heterocycles. The number of likely N-dealkylation sites (tertiary alicyclic amines) is 1. The van der Waals surface area contributed by atoms with E-state index in [1.807, 2.05) is 6.92 Å². The minimum absolute atomic E-state index is 0.0177. The first-order valence-electron chi connectivity index (χ1n) is 10.3. The van der Waals surface area contributed by atoms with E-state index in [1.54, 1.807) is 31.2 Å². The van der Waals surface area contributed by atoms with Gasteiger partial charge in [-0.15, -0.1) is 0 Å². The molecule has 1 unspecified atom stereocenters. The van der Waals surface area contributed by atoms with Crippen LogP contribution in [0.2, 0.25) is 0 Å². The number of ketones is 1. The zero-order valence-corrected chi connectivity index (χ0v) is 17.6. The van der Waals surface area contributed by atoms with E-state index in [2.05, 4.69) is 0 Å². The topological polar surface area (TPSA) is 99.2 Å². The number of ether oxygens (including phenoxy) is 3. The summed E-state index contributed by atoms with van der Waals surface area (Å²) in [6.45, 7) is 4.34. The number of carbonyl (C=O) groups is 4. The Hall–Kier alpha value is -2.90. The van der Waals surface area contributed by atoms with Gasteiger partial charge in [0, 0.05) is 18.5 Å². The minimum atomic E-state index is -0.633. The predicted molar refractivity (Wildman–Crippen MR) is 108 cm³/mol. The molecule has 1 atom stereocenters. The van der Waals surface area contributed by atoms with Crippen LogP contribution in [0, 0.1) is 0 Å². The van der Waals surface area contributed by atoms with Crippen molar-refractivity contribution in [3.05, 3.63) is 29.8 Å². The molecule has 1 aliphatic heterocycles. The summed E-state index contributed by atoms with van der Waals surface area (Å²) >= 11 is 0. The van der Waals surface area contributed by atoms with Gasteiger partial charge in [0.1, 0.15) is 11.8 Å². The molecule has 0 N–H and O–H groups in total. The lowest BCUT2D eigenvalue weighted by Crippen LogP contribution is -2.50. The van der Waals surface area contributed by atoms with Crippen LogP contribution in [0.3, 0.4) is 0 Å². The van der Waals surface area contributed by atoms with E-state index < -0.39 is 30.5 Å². The molecule has 0 aromatic heterocycles. The van der Waals surface area contributed by atoms with Gasteiger partial charge in [-0.1, -0.05) is 0 Å². The SMILES string of the molecule is CCOC(=O)C1CCCCN1C(=O)COC(=O)CCC(=O)c1ccc(OCC)cc1. The van der Waals surface area contributed by atoms with E-state index in [4.69, 9.17) is 14.2 Å². The predicted octanol–water partition coefficient (Wildman–Crippen LogP) is 2.54. The smallest absolute Gasteiger partial charge is 0.328 e. The Bertz CT molecular complexity index is 744. The third kappa shape index (κ3) is 6.86. The van der Waals surface area contributed by atoms with E-state index in [-0.39, 0.29) is 25.2 Å². The molecular weight excluding hydrogens is 390 g/mol. The van der Waals surface area contributed by atoms with E-state index in [0.717, 1.165) is 12.8 Å². The second-order valence-electron chi connectivity index (χ2n) is 6.89. The van der Waals surface area contributed by atoms with Gasteiger partial charge in [0.15, 0.2) is 12.4 Å². The normalized spacial score (nSPS) is 15.9. The van der Waals surface area contributed by atoms with E-state index in [9.17, 15) is 19.2 Å². The molecule has 2 rings (SSSR count). The third-order valence-electron chi connectivity index (χ3n) is 4.78. The fourth-order valence-electron chi connectivity index (χ4n) is 3.27. The fourth-order valence-corrected chi connectivity index (χ4v) is 3.27. The highest BCUT2D eigenvalue weighted by atomic mass is 16.5. The molecule has 0 saturated carbocycles. The van der Waals surface area contributed by atoms with Crippen LogP contribution in [-0.4, -0.2) is 60.9 Å². The van der Waals surface area contributed by atoms with Crippen LogP contribution in [0.25, 0.3) is 0 Å². The molecule has 1 saturated heterocycles. The molecule has 0 radical (unpaired) electrons. The maximum absolute atomic E-state index is 12.4. The molecule has 164 valence electrons. The number of hydrogen-bond donors (Lipinski definition) is 0. The summed E-state index contributed by atoms with van der Waals surface area (Å²) < 4.78 is 15.4. The third-order valence-corrected chi connectivity index (χ3v) is 4.78. The first-order valence-corrected chi connectivity index (χ1v) is 10.3. The zero-order valence-electron chi connectivity index (χ0n) is 17.6. The van der Waals surface area contributed by atoms with Crippen molar-refractivity contribution in [2.45, 2.75) is 52.0 Å². The second-order valence-corrected chi connectivity index (χ2v) is 6.89. The monoisotopic (exact) mass is 419 g/mol. The lowest BCUT2D eigenvalue weighted by molar-refractivity contribution is -0.160. The van der Waals surface area contributed by atoms with Crippen molar-refractivity contribution in [2.75, 3.05) is 26.4 Å². The van der Waals surface area contributed by atoms with E-state index in [1.165, 1.54) is 4.90 Å². The van der Waals surface area contributed by atoms with Crippen LogP contribution in [0.5, 0.6) is 5.75 Å². The number of benzene rings is 1. The molecule has 8 nitrogen and oxygen atoms in total. The summed E-state index contributed by atoms with van der Waals surface area (Å²) in [6, 6.07) is 6.06. The van der Waals surface area contributed by atoms with E-state index >= 15 is 0 Å². The Labute approximate surface area is 176 Å². The molecule has 0 aliphatic carbocycles. The van der Waals surface area contributed by atoms with Crippen LogP contribution in [0.1, 0.15) is 56.3 Å². The van der Waals surface area contributed by atoms with Crippen LogP contribution >= 0.6 is 0 Å². The van der Waals surface area contributed by atoms with Crippen molar-refractivity contribution >= 4 is 23.6 Å². The molecule has 1 aliphatic rings. The molecule has 0 bridgehead atoms. The van der Waals surface area contributed by atoms with Gasteiger partial charge in [-0.05, 0) is 57.4 Å². The molecule has 1 aromatic carbocycles. The average Bonchev–Trinajstić information content (AvgIpc) is 2.76. The zero-order chi connectivity index (χ0) is 21.9. The standard InChI is InChI=1S/C22H29NO7/c1-3-28-17-10-8-16(9-11-17)19(24)12-13-21(26)30-15-20(25)23-14-6-5-7-18(23)22(27)29-4-2/h8-11,18H,3-7,12-15H2,1-2H3. The van der Waals surface area contributed by atoms with Crippen molar-refractivity contribution in [3.8, 4) is 5.75 Å². The Morgan fingerprint density at radius 2 is 1.70 bits per heavy atom. The molecule has 30 heavy (non-hydrogen) atoms. The lowest BCUT2D eigenvalue weighted by Gasteiger charge is -2.33. The van der Waals surface area contributed by atoms with Gasteiger partial charge in [-0.25, -0.2) is 4.79 Å². The summed E-state index contributed by atoms with van der Waals surface area (Å²) in [4.78, 5) is 50.1. The maximum atomic E-state index is 12.4. The average molecular weight is 419 g/mol. The summed E-state index contributed by atoms with van der Waals surface area (Å²) in [6.07, 6.45) is 2.01. The minimum Gasteiger partial charge on any atom is -0.494 e. The summed E-state index contributed by atoms with van der Waals surface area (Å²) in [5, 5.41) is 0. The number of Topliss-reactive ketones (excluding diaryl/α,β-unsaturated/α-hetero) is 1. The number of rotatable bonds is 10. The summed E-state index contributed by atoms with van der Waals surface area (Å²) in [5.74, 6) is -1.02. The van der Waals surface area contributed by atoms with Crippen LogP contribution in [0.15, 0.2) is 24.3 Å². The quantitative estimate of drug-likeness (QED) is 0.424. The van der Waals surface area contributed by atoms with Crippen molar-refractivity contribution in [1.82, 2.24) is 4.90 Å². The number of esters is 2. The molecule has 8 heteroatoms. The number of nitrogens with zero attached hydrogens (tertiary/aromatic N) is 1.